The van der Waals surface area contributed by atoms with Gasteiger partial charge in [-0.05, 0) is 23.8 Å². The Kier molecular flexibility index (Phi) is 2.93. The number of nitrogens with one attached hydrogen (secondary N) is 1. The number of benzene rings is 1. The van der Waals surface area contributed by atoms with Crippen LogP contribution in [-0.2, 0) is 0 Å². The van der Waals surface area contributed by atoms with Crippen molar-refractivity contribution in [2.75, 3.05) is 26.2 Å². The molecular formula is C15H22N2. The topological polar surface area (TPSA) is 15.3 Å². The summed E-state index contributed by atoms with van der Waals surface area (Å²) in [6.45, 7) is 7.12. The van der Waals surface area contributed by atoms with Crippen LogP contribution in [0.1, 0.15) is 31.4 Å². The molecule has 1 unspecified atom stereocenters. The van der Waals surface area contributed by atoms with Gasteiger partial charge in [0, 0.05) is 32.2 Å². The number of piperazine rings is 1. The second kappa shape index (κ2) is 4.43. The van der Waals surface area contributed by atoms with E-state index in [1.807, 2.05) is 0 Å². The summed E-state index contributed by atoms with van der Waals surface area (Å²) in [5.74, 6) is 0. The molecule has 0 radical (unpaired) electrons. The molecule has 17 heavy (non-hydrogen) atoms. The van der Waals surface area contributed by atoms with Crippen LogP contribution in [-0.4, -0.2) is 31.1 Å². The summed E-state index contributed by atoms with van der Waals surface area (Å²) in [5, 5.41) is 3.53. The summed E-state index contributed by atoms with van der Waals surface area (Å²) >= 11 is 0. The molecule has 2 aliphatic rings. The van der Waals surface area contributed by atoms with E-state index >= 15 is 0 Å². The summed E-state index contributed by atoms with van der Waals surface area (Å²) < 4.78 is 0. The molecule has 2 fully saturated rings. The van der Waals surface area contributed by atoms with E-state index < -0.39 is 0 Å². The average Bonchev–Trinajstić information content (AvgIpc) is 3.09. The van der Waals surface area contributed by atoms with Gasteiger partial charge in [0.2, 0.25) is 0 Å². The van der Waals surface area contributed by atoms with E-state index in [1.165, 1.54) is 31.5 Å². The third-order valence-corrected chi connectivity index (χ3v) is 4.23. The van der Waals surface area contributed by atoms with E-state index in [1.54, 1.807) is 0 Å². The minimum atomic E-state index is 0.572. The third kappa shape index (κ3) is 2.53. The van der Waals surface area contributed by atoms with Crippen molar-refractivity contribution < 1.29 is 0 Å². The Morgan fingerprint density at radius 1 is 1.29 bits per heavy atom. The zero-order chi connectivity index (χ0) is 11.7. The summed E-state index contributed by atoms with van der Waals surface area (Å²) in [5.41, 5.74) is 2.08. The molecule has 1 atom stereocenters. The molecule has 1 aliphatic heterocycles. The van der Waals surface area contributed by atoms with Crippen LogP contribution >= 0.6 is 0 Å². The van der Waals surface area contributed by atoms with Gasteiger partial charge in [-0.3, -0.25) is 4.90 Å². The molecule has 2 nitrogen and oxygen atoms in total. The first-order valence-electron chi connectivity index (χ1n) is 6.77. The Hall–Kier alpha value is -0.860. The monoisotopic (exact) mass is 230 g/mol. The predicted octanol–water partition coefficient (Wildman–Crippen LogP) is 2.43. The molecule has 0 aromatic heterocycles. The zero-order valence-electron chi connectivity index (χ0n) is 10.7. The van der Waals surface area contributed by atoms with Gasteiger partial charge in [0.15, 0.2) is 0 Å². The molecule has 0 amide bonds. The van der Waals surface area contributed by atoms with E-state index in [0.29, 0.717) is 11.5 Å². The van der Waals surface area contributed by atoms with Gasteiger partial charge in [-0.15, -0.1) is 0 Å². The number of hydrogen-bond donors (Lipinski definition) is 1. The fraction of sp³-hybridized carbons (Fsp3) is 0.600. The van der Waals surface area contributed by atoms with Crippen molar-refractivity contribution in [1.82, 2.24) is 10.2 Å². The molecule has 1 aliphatic carbocycles. The summed E-state index contributed by atoms with van der Waals surface area (Å²) in [4.78, 5) is 2.68. The van der Waals surface area contributed by atoms with E-state index in [-0.39, 0.29) is 0 Å². The summed E-state index contributed by atoms with van der Waals surface area (Å²) in [6, 6.07) is 11.5. The lowest BCUT2D eigenvalue weighted by molar-refractivity contribution is 0.134. The molecule has 1 N–H and O–H groups in total. The third-order valence-electron chi connectivity index (χ3n) is 4.23. The van der Waals surface area contributed by atoms with E-state index in [0.717, 1.165) is 13.1 Å². The number of hydrogen-bond acceptors (Lipinski definition) is 2. The van der Waals surface area contributed by atoms with Crippen molar-refractivity contribution in [1.29, 1.82) is 0 Å². The molecule has 1 heterocycles. The zero-order valence-corrected chi connectivity index (χ0v) is 10.7. The van der Waals surface area contributed by atoms with E-state index in [9.17, 15) is 0 Å². The van der Waals surface area contributed by atoms with Crippen molar-refractivity contribution in [2.45, 2.75) is 25.8 Å². The summed E-state index contributed by atoms with van der Waals surface area (Å²) in [7, 11) is 0. The molecule has 1 saturated carbocycles. The predicted molar refractivity (Wildman–Crippen MR) is 71.0 cm³/mol. The Morgan fingerprint density at radius 2 is 2.06 bits per heavy atom. The lowest BCUT2D eigenvalue weighted by atomic mass is 10.0. The van der Waals surface area contributed by atoms with Crippen LogP contribution in [0.3, 0.4) is 0 Å². The van der Waals surface area contributed by atoms with Gasteiger partial charge in [0.25, 0.3) is 0 Å². The van der Waals surface area contributed by atoms with Crippen molar-refractivity contribution in [3.63, 3.8) is 0 Å². The Labute approximate surface area is 104 Å². The van der Waals surface area contributed by atoms with Crippen molar-refractivity contribution >= 4 is 0 Å². The lowest BCUT2D eigenvalue weighted by Crippen LogP contribution is -2.47. The minimum absolute atomic E-state index is 0.572. The standard InChI is InChI=1S/C15H22N2/c1-15(7-8-15)12-17-10-9-16-11-14(17)13-5-3-2-4-6-13/h2-6,14,16H,7-12H2,1H3. The van der Waals surface area contributed by atoms with E-state index in [4.69, 9.17) is 0 Å². The van der Waals surface area contributed by atoms with Crippen molar-refractivity contribution in [3.8, 4) is 0 Å². The highest BCUT2D eigenvalue weighted by molar-refractivity contribution is 5.20. The van der Waals surface area contributed by atoms with Gasteiger partial charge in [-0.1, -0.05) is 37.3 Å². The lowest BCUT2D eigenvalue weighted by Gasteiger charge is -2.38. The highest BCUT2D eigenvalue weighted by Crippen LogP contribution is 2.46. The normalized spacial score (nSPS) is 27.9. The molecular weight excluding hydrogens is 208 g/mol. The SMILES string of the molecule is CC1(CN2CCNCC2c2ccccc2)CC1. The first-order chi connectivity index (χ1) is 8.27. The van der Waals surface area contributed by atoms with Gasteiger partial charge in [0.1, 0.15) is 0 Å². The number of rotatable bonds is 3. The maximum Gasteiger partial charge on any atom is 0.0473 e. The molecule has 2 heteroatoms. The van der Waals surface area contributed by atoms with Crippen LogP contribution < -0.4 is 5.32 Å². The Bertz CT molecular complexity index is 370. The quantitative estimate of drug-likeness (QED) is 0.858. The smallest absolute Gasteiger partial charge is 0.0473 e. The van der Waals surface area contributed by atoms with Gasteiger partial charge in [0.05, 0.1) is 0 Å². The van der Waals surface area contributed by atoms with Crippen molar-refractivity contribution in [3.05, 3.63) is 35.9 Å². The van der Waals surface area contributed by atoms with Crippen LogP contribution in [0.4, 0.5) is 0 Å². The maximum atomic E-state index is 3.53. The Balaban J connectivity index is 1.75. The second-order valence-corrected chi connectivity index (χ2v) is 5.91. The first kappa shape index (κ1) is 11.2. The molecule has 3 rings (SSSR count). The van der Waals surface area contributed by atoms with Crippen LogP contribution in [0, 0.1) is 5.41 Å². The molecule has 92 valence electrons. The molecule has 1 aromatic carbocycles. The van der Waals surface area contributed by atoms with Gasteiger partial charge < -0.3 is 5.32 Å². The fourth-order valence-electron chi connectivity index (χ4n) is 2.80. The highest BCUT2D eigenvalue weighted by Gasteiger charge is 2.40. The van der Waals surface area contributed by atoms with Crippen molar-refractivity contribution in [2.24, 2.45) is 5.41 Å². The van der Waals surface area contributed by atoms with Gasteiger partial charge in [-0.2, -0.15) is 0 Å². The summed E-state index contributed by atoms with van der Waals surface area (Å²) in [6.07, 6.45) is 2.83. The van der Waals surface area contributed by atoms with Crippen LogP contribution in [0.25, 0.3) is 0 Å². The highest BCUT2D eigenvalue weighted by atomic mass is 15.2. The van der Waals surface area contributed by atoms with Crippen LogP contribution in [0.2, 0.25) is 0 Å². The van der Waals surface area contributed by atoms with Gasteiger partial charge in [-0.25, -0.2) is 0 Å². The second-order valence-electron chi connectivity index (χ2n) is 5.91. The van der Waals surface area contributed by atoms with Gasteiger partial charge >= 0.3 is 0 Å². The molecule has 1 saturated heterocycles. The Morgan fingerprint density at radius 3 is 2.76 bits per heavy atom. The minimum Gasteiger partial charge on any atom is -0.314 e. The van der Waals surface area contributed by atoms with Crippen LogP contribution in [0.15, 0.2) is 30.3 Å². The van der Waals surface area contributed by atoms with Crippen LogP contribution in [0.5, 0.6) is 0 Å². The molecule has 0 bridgehead atoms. The molecule has 1 aromatic rings. The van der Waals surface area contributed by atoms with E-state index in [2.05, 4.69) is 47.5 Å². The maximum absolute atomic E-state index is 3.53. The fourth-order valence-corrected chi connectivity index (χ4v) is 2.80. The average molecular weight is 230 g/mol. The largest absolute Gasteiger partial charge is 0.314 e. The number of nitrogens with zero attached hydrogens (tertiary/aromatic N) is 1. The first-order valence-corrected chi connectivity index (χ1v) is 6.77. The molecule has 0 spiro atoms.